The Morgan fingerprint density at radius 1 is 1.27 bits per heavy atom. The molecule has 0 bridgehead atoms. The van der Waals surface area contributed by atoms with E-state index in [9.17, 15) is 4.79 Å². The van der Waals surface area contributed by atoms with Crippen molar-refractivity contribution in [1.29, 1.82) is 0 Å². The molecule has 0 N–H and O–H groups in total. The summed E-state index contributed by atoms with van der Waals surface area (Å²) in [4.78, 5) is 15.6. The molecule has 1 aromatic carbocycles. The largest absolute Gasteiger partial charge is 0.450 e. The zero-order chi connectivity index (χ0) is 15.8. The molecule has 22 heavy (non-hydrogen) atoms. The lowest BCUT2D eigenvalue weighted by Crippen LogP contribution is -2.20. The third-order valence-electron chi connectivity index (χ3n) is 3.58. The summed E-state index contributed by atoms with van der Waals surface area (Å²) in [5.74, 6) is 0. The van der Waals surface area contributed by atoms with Gasteiger partial charge in [-0.1, -0.05) is 39.0 Å². The molecule has 0 fully saturated rings. The minimum absolute atomic E-state index is 0.208. The quantitative estimate of drug-likeness (QED) is 0.344. The number of fused-ring (bicyclic) bond motifs is 1. The molecule has 0 saturated carbocycles. The zero-order valence-electron chi connectivity index (χ0n) is 12.9. The molecule has 1 atom stereocenters. The van der Waals surface area contributed by atoms with Gasteiger partial charge in [0.15, 0.2) is 12.4 Å². The van der Waals surface area contributed by atoms with Crippen LogP contribution in [0.3, 0.4) is 0 Å². The van der Waals surface area contributed by atoms with Crippen molar-refractivity contribution in [3.63, 3.8) is 0 Å². The van der Waals surface area contributed by atoms with Crippen molar-refractivity contribution in [3.05, 3.63) is 27.3 Å². The number of nitrogens with zero attached hydrogens (tertiary/aromatic N) is 1. The first kappa shape index (κ1) is 17.2. The van der Waals surface area contributed by atoms with Gasteiger partial charge in [0.05, 0.1) is 12.3 Å². The maximum atomic E-state index is 11.2. The van der Waals surface area contributed by atoms with Crippen molar-refractivity contribution in [1.82, 2.24) is 0 Å². The van der Waals surface area contributed by atoms with Crippen molar-refractivity contribution < 1.29 is 14.3 Å². The molecule has 4 nitrogen and oxygen atoms in total. The maximum absolute atomic E-state index is 11.2. The minimum atomic E-state index is -0.623. The molecule has 0 radical (unpaired) electrons. The van der Waals surface area contributed by atoms with Gasteiger partial charge in [-0.15, -0.1) is 0 Å². The van der Waals surface area contributed by atoms with E-state index in [0.717, 1.165) is 33.9 Å². The molecule has 0 spiro atoms. The van der Waals surface area contributed by atoms with Gasteiger partial charge in [0.2, 0.25) is 0 Å². The molecule has 1 heterocycles. The maximum Gasteiger partial charge on any atom is 0.389 e. The summed E-state index contributed by atoms with van der Waals surface area (Å²) in [5, 5.41) is 0. The number of aliphatic imine (C=N–C) groups is 1. The van der Waals surface area contributed by atoms with E-state index in [2.05, 4.69) is 34.5 Å². The summed E-state index contributed by atoms with van der Waals surface area (Å²) in [7, 11) is 0. The third-order valence-corrected chi connectivity index (χ3v) is 4.25. The fourth-order valence-electron chi connectivity index (χ4n) is 2.36. The van der Waals surface area contributed by atoms with E-state index in [1.807, 2.05) is 18.2 Å². The van der Waals surface area contributed by atoms with Gasteiger partial charge in [-0.25, -0.2) is 0 Å². The molecule has 1 unspecified atom stereocenters. The Morgan fingerprint density at radius 2 is 2.05 bits per heavy atom. The molecule has 1 aromatic rings. The smallest absolute Gasteiger partial charge is 0.389 e. The molecule has 0 aliphatic carbocycles. The number of rotatable bonds is 8. The summed E-state index contributed by atoms with van der Waals surface area (Å²) in [6.45, 7) is 2.79. The average Bonchev–Trinajstić information content (AvgIpc) is 2.53. The van der Waals surface area contributed by atoms with Crippen molar-refractivity contribution >= 4 is 40.6 Å². The number of ether oxygens (including phenoxy) is 2. The second-order valence-corrected chi connectivity index (χ2v) is 6.62. The molecule has 1 aliphatic rings. The summed E-state index contributed by atoms with van der Waals surface area (Å²) < 4.78 is 12.1. The minimum Gasteiger partial charge on any atom is -0.450 e. The molecule has 1 aliphatic heterocycles. The lowest BCUT2D eigenvalue weighted by molar-refractivity contribution is -0.115. The van der Waals surface area contributed by atoms with Crippen LogP contribution in [0.15, 0.2) is 23.2 Å². The highest BCUT2D eigenvalue weighted by Gasteiger charge is 2.24. The van der Waals surface area contributed by atoms with Gasteiger partial charge in [-0.3, -0.25) is 4.79 Å². The number of aldehydes is 1. The lowest BCUT2D eigenvalue weighted by atomic mass is 10.1. The fourth-order valence-corrected chi connectivity index (χ4v) is 2.88. The van der Waals surface area contributed by atoms with Crippen LogP contribution < -0.4 is 0 Å². The number of benzene rings is 1. The van der Waals surface area contributed by atoms with Crippen LogP contribution in [0.1, 0.15) is 57.1 Å². The molecule has 0 aromatic heterocycles. The van der Waals surface area contributed by atoms with Crippen LogP contribution in [0.5, 0.6) is 0 Å². The van der Waals surface area contributed by atoms with Gasteiger partial charge in [-0.05, 0) is 47.2 Å². The van der Waals surface area contributed by atoms with Crippen LogP contribution in [0.25, 0.3) is 0 Å². The van der Waals surface area contributed by atoms with E-state index in [-0.39, 0.29) is 6.08 Å². The number of carbonyl (C=O) groups is 1. The Kier molecular flexibility index (Phi) is 7.15. The van der Waals surface area contributed by atoms with E-state index in [1.165, 1.54) is 25.7 Å². The Bertz CT molecular complexity index is 531. The second kappa shape index (κ2) is 9.12. The predicted octanol–water partition coefficient (Wildman–Crippen LogP) is 4.93. The van der Waals surface area contributed by atoms with Gasteiger partial charge in [-0.2, -0.15) is 4.99 Å². The van der Waals surface area contributed by atoms with Crippen LogP contribution in [-0.4, -0.2) is 19.0 Å². The summed E-state index contributed by atoms with van der Waals surface area (Å²) in [6.07, 6.45) is 7.59. The summed E-state index contributed by atoms with van der Waals surface area (Å²) >= 11 is 2.21. The SMILES string of the molecule is CCCCCCCCOC1=Nc2ccc(I)cc2C(C=O)O1. The van der Waals surface area contributed by atoms with Gasteiger partial charge >= 0.3 is 6.08 Å². The highest BCUT2D eigenvalue weighted by Crippen LogP contribution is 2.33. The standard InChI is InChI=1S/C17H22INO3/c1-2-3-4-5-6-7-10-21-17-19-15-9-8-13(18)11-14(15)16(12-20)22-17/h8-9,11-12,16H,2-7,10H2,1H3. The molecular weight excluding hydrogens is 393 g/mol. The summed E-state index contributed by atoms with van der Waals surface area (Å²) in [5.41, 5.74) is 1.55. The Hall–Kier alpha value is -1.11. The number of unbranched alkanes of at least 4 members (excludes halogenated alkanes) is 5. The normalized spacial score (nSPS) is 16.5. The Morgan fingerprint density at radius 3 is 2.82 bits per heavy atom. The van der Waals surface area contributed by atoms with Gasteiger partial charge in [0.25, 0.3) is 0 Å². The van der Waals surface area contributed by atoms with Crippen molar-refractivity contribution in [2.24, 2.45) is 4.99 Å². The van der Waals surface area contributed by atoms with Gasteiger partial charge in [0, 0.05) is 9.13 Å². The fraction of sp³-hybridized carbons (Fsp3) is 0.529. The first-order valence-electron chi connectivity index (χ1n) is 7.87. The van der Waals surface area contributed by atoms with Gasteiger partial charge < -0.3 is 9.47 Å². The van der Waals surface area contributed by atoms with E-state index in [1.54, 1.807) is 0 Å². The predicted molar refractivity (Wildman–Crippen MR) is 95.5 cm³/mol. The average molecular weight is 415 g/mol. The van der Waals surface area contributed by atoms with Gasteiger partial charge in [0.1, 0.15) is 0 Å². The number of carbonyl (C=O) groups excluding carboxylic acids is 1. The van der Waals surface area contributed by atoms with E-state index in [0.29, 0.717) is 6.61 Å². The lowest BCUT2D eigenvalue weighted by Gasteiger charge is -2.21. The number of hydrogen-bond acceptors (Lipinski definition) is 4. The highest BCUT2D eigenvalue weighted by atomic mass is 127. The molecule has 5 heteroatoms. The third kappa shape index (κ3) is 4.97. The molecule has 0 amide bonds. The van der Waals surface area contributed by atoms with Crippen molar-refractivity contribution in [3.8, 4) is 0 Å². The van der Waals surface area contributed by atoms with E-state index < -0.39 is 6.10 Å². The van der Waals surface area contributed by atoms with Crippen LogP contribution in [0, 0.1) is 3.57 Å². The first-order chi connectivity index (χ1) is 10.7. The molecule has 2 rings (SSSR count). The highest BCUT2D eigenvalue weighted by molar-refractivity contribution is 14.1. The topological polar surface area (TPSA) is 47.9 Å². The number of halogens is 1. The Balaban J connectivity index is 1.85. The molecule has 0 saturated heterocycles. The van der Waals surface area contributed by atoms with Crippen LogP contribution in [0.2, 0.25) is 0 Å². The molecule has 120 valence electrons. The first-order valence-corrected chi connectivity index (χ1v) is 8.95. The Labute approximate surface area is 145 Å². The van der Waals surface area contributed by atoms with Crippen molar-refractivity contribution in [2.45, 2.75) is 51.6 Å². The summed E-state index contributed by atoms with van der Waals surface area (Å²) in [6, 6.07) is 5.77. The molecular formula is C17H22INO3. The van der Waals surface area contributed by atoms with E-state index >= 15 is 0 Å². The second-order valence-electron chi connectivity index (χ2n) is 5.37. The van der Waals surface area contributed by atoms with Crippen molar-refractivity contribution in [2.75, 3.05) is 6.61 Å². The zero-order valence-corrected chi connectivity index (χ0v) is 15.0. The van der Waals surface area contributed by atoms with Crippen LogP contribution in [0.4, 0.5) is 5.69 Å². The number of hydrogen-bond donors (Lipinski definition) is 0. The monoisotopic (exact) mass is 415 g/mol. The van der Waals surface area contributed by atoms with Crippen LogP contribution >= 0.6 is 22.6 Å². The van der Waals surface area contributed by atoms with E-state index in [4.69, 9.17) is 9.47 Å². The van der Waals surface area contributed by atoms with Crippen LogP contribution in [-0.2, 0) is 14.3 Å².